The predicted octanol–water partition coefficient (Wildman–Crippen LogP) is 6.23. The van der Waals surface area contributed by atoms with Crippen molar-refractivity contribution >= 4 is 26.7 Å². The number of allylic oxidation sites excluding steroid dienone is 4. The van der Waals surface area contributed by atoms with Crippen molar-refractivity contribution in [1.29, 1.82) is 0 Å². The van der Waals surface area contributed by atoms with E-state index in [1.165, 1.54) is 17.6 Å². The van der Waals surface area contributed by atoms with E-state index in [0.717, 1.165) is 18.5 Å². The van der Waals surface area contributed by atoms with Gasteiger partial charge in [0.1, 0.15) is 30.5 Å². The average molecular weight is 646 g/mol. The Balaban J connectivity index is 1.59. The Morgan fingerprint density at radius 2 is 1.73 bits per heavy atom. The van der Waals surface area contributed by atoms with Crippen LogP contribution in [0.25, 0.3) is 28.2 Å². The summed E-state index contributed by atoms with van der Waals surface area (Å²) in [5, 5.41) is 9.66. The van der Waals surface area contributed by atoms with Gasteiger partial charge in [-0.05, 0) is 67.3 Å². The molecule has 1 aliphatic heterocycles. The molecular weight excluding hydrogens is 618 g/mol. The number of sulfone groups is 1. The van der Waals surface area contributed by atoms with Gasteiger partial charge in [-0.25, -0.2) is 22.8 Å². The zero-order valence-corrected chi connectivity index (χ0v) is 25.1. The summed E-state index contributed by atoms with van der Waals surface area (Å²) in [5.74, 6) is 0.806. The number of fused-ring (bicyclic) bond motifs is 1. The van der Waals surface area contributed by atoms with Crippen molar-refractivity contribution in [2.75, 3.05) is 19.5 Å². The van der Waals surface area contributed by atoms with Crippen molar-refractivity contribution in [1.82, 2.24) is 14.5 Å². The number of rotatable bonds is 6. The lowest BCUT2D eigenvalue weighted by atomic mass is 9.88. The van der Waals surface area contributed by atoms with Gasteiger partial charge in [-0.1, -0.05) is 0 Å². The molecule has 2 aromatic carbocycles. The number of hydrogen-bond donors (Lipinski definition) is 1. The molecule has 0 atom stereocenters. The number of alkyl halides is 3. The number of benzene rings is 2. The first-order chi connectivity index (χ1) is 21.2. The fraction of sp³-hybridized carbons (Fsp3) is 0.290. The highest BCUT2D eigenvalue weighted by atomic mass is 32.2. The third kappa shape index (κ3) is 5.75. The number of aromatic nitrogens is 3. The Morgan fingerprint density at radius 1 is 1.00 bits per heavy atom. The van der Waals surface area contributed by atoms with Gasteiger partial charge in [0, 0.05) is 41.8 Å². The molecular formula is C31H27F4N3O6S. The molecule has 0 saturated heterocycles. The van der Waals surface area contributed by atoms with Gasteiger partial charge in [-0.3, -0.25) is 0 Å². The molecule has 1 N–H and O–H groups in total. The lowest BCUT2D eigenvalue weighted by Crippen LogP contribution is -2.15. The second-order valence-corrected chi connectivity index (χ2v) is 12.7. The van der Waals surface area contributed by atoms with E-state index in [1.54, 1.807) is 31.2 Å². The molecule has 0 amide bonds. The number of imidazole rings is 1. The minimum Gasteiger partial charge on any atom is -0.486 e. The Morgan fingerprint density at radius 3 is 2.40 bits per heavy atom. The minimum atomic E-state index is -4.68. The molecule has 0 radical (unpaired) electrons. The van der Waals surface area contributed by atoms with Gasteiger partial charge in [-0.15, -0.1) is 0 Å². The summed E-state index contributed by atoms with van der Waals surface area (Å²) >= 11 is 0. The number of halogens is 4. The molecule has 0 bridgehead atoms. The summed E-state index contributed by atoms with van der Waals surface area (Å²) in [6.45, 7) is 3.01. The first kappa shape index (κ1) is 30.6. The van der Waals surface area contributed by atoms with Gasteiger partial charge in [0.05, 0.1) is 11.5 Å². The maximum absolute atomic E-state index is 15.1. The number of aliphatic hydroxyl groups excluding tert-OH is 1. The number of oxazole rings is 1. The summed E-state index contributed by atoms with van der Waals surface area (Å²) in [4.78, 5) is 7.99. The zero-order chi connectivity index (χ0) is 32.3. The van der Waals surface area contributed by atoms with E-state index in [4.69, 9.17) is 13.9 Å². The van der Waals surface area contributed by atoms with E-state index < -0.39 is 34.1 Å². The van der Waals surface area contributed by atoms with Crippen LogP contribution < -0.4 is 9.47 Å². The number of hydrogen-bond acceptors (Lipinski definition) is 8. The van der Waals surface area contributed by atoms with Gasteiger partial charge < -0.3 is 23.6 Å². The van der Waals surface area contributed by atoms with Gasteiger partial charge in [-0.2, -0.15) is 13.2 Å². The Labute approximate surface area is 255 Å². The number of aliphatic hydroxyl groups is 1. The molecule has 3 heterocycles. The molecule has 0 spiro atoms. The fourth-order valence-corrected chi connectivity index (χ4v) is 6.50. The standard InChI is InChI=1S/C31H27F4N3O6S/c1-16-36-28(31(33,34)35)14-38(16)24-6-4-18(20-11-23(32)22(15-39)27(13-20)45(3,40)41)10-21(24)29-30(44-17(2)37-29)19-5-7-25-26(12-19)43-9-8-42-25/h5,7,10-14,39H,4,6,8-9,15H2,1-3H3. The van der Waals surface area contributed by atoms with Crippen LogP contribution in [0.1, 0.15) is 47.1 Å². The monoisotopic (exact) mass is 645 g/mol. The first-order valence-electron chi connectivity index (χ1n) is 13.8. The summed E-state index contributed by atoms with van der Waals surface area (Å²) in [6, 6.07) is 7.61. The lowest BCUT2D eigenvalue weighted by molar-refractivity contribution is -0.141. The molecule has 6 rings (SSSR count). The lowest BCUT2D eigenvalue weighted by Gasteiger charge is -2.23. The molecule has 236 valence electrons. The van der Waals surface area contributed by atoms with E-state index in [0.29, 0.717) is 58.6 Å². The molecule has 0 saturated carbocycles. The maximum atomic E-state index is 15.1. The van der Waals surface area contributed by atoms with Crippen LogP contribution in [0.4, 0.5) is 17.6 Å². The third-order valence-corrected chi connectivity index (χ3v) is 8.76. The molecule has 14 heteroatoms. The van der Waals surface area contributed by atoms with Gasteiger partial charge in [0.25, 0.3) is 0 Å². The molecule has 0 fully saturated rings. The summed E-state index contributed by atoms with van der Waals surface area (Å²) in [6.07, 6.45) is -0.821. The molecule has 45 heavy (non-hydrogen) atoms. The largest absolute Gasteiger partial charge is 0.486 e. The van der Waals surface area contributed by atoms with E-state index in [9.17, 15) is 26.7 Å². The Hall–Kier alpha value is -4.43. The fourth-order valence-electron chi connectivity index (χ4n) is 5.55. The van der Waals surface area contributed by atoms with Crippen LogP contribution in [0.2, 0.25) is 0 Å². The number of ether oxygens (including phenoxy) is 2. The van der Waals surface area contributed by atoms with Crippen molar-refractivity contribution in [3.05, 3.63) is 82.7 Å². The summed E-state index contributed by atoms with van der Waals surface area (Å²) < 4.78 is 99.8. The van der Waals surface area contributed by atoms with Crippen LogP contribution in [-0.4, -0.2) is 47.5 Å². The number of nitrogens with zero attached hydrogens (tertiary/aromatic N) is 3. The molecule has 9 nitrogen and oxygen atoms in total. The molecule has 2 aromatic heterocycles. The Kier molecular flexibility index (Phi) is 7.60. The molecule has 0 unspecified atom stereocenters. The van der Waals surface area contributed by atoms with E-state index in [1.807, 2.05) is 0 Å². The van der Waals surface area contributed by atoms with Crippen LogP contribution in [0.5, 0.6) is 11.5 Å². The normalized spacial score (nSPS) is 15.4. The second kappa shape index (κ2) is 11.2. The Bertz CT molecular complexity index is 2010. The van der Waals surface area contributed by atoms with Crippen LogP contribution in [0, 0.1) is 19.7 Å². The third-order valence-electron chi connectivity index (χ3n) is 7.60. The highest BCUT2D eigenvalue weighted by Crippen LogP contribution is 2.44. The van der Waals surface area contributed by atoms with Crippen LogP contribution in [-0.2, 0) is 22.6 Å². The predicted molar refractivity (Wildman–Crippen MR) is 155 cm³/mol. The maximum Gasteiger partial charge on any atom is 0.434 e. The van der Waals surface area contributed by atoms with E-state index >= 15 is 4.39 Å². The van der Waals surface area contributed by atoms with Crippen LogP contribution >= 0.6 is 0 Å². The van der Waals surface area contributed by atoms with E-state index in [2.05, 4.69) is 9.97 Å². The van der Waals surface area contributed by atoms with Gasteiger partial charge in [0.15, 0.2) is 38.7 Å². The average Bonchev–Trinajstić information content (AvgIpc) is 3.58. The SMILES string of the molecule is Cc1nc(C2=C(n3cc(C(F)(F)F)nc3C)CCC(c3cc(F)c(CO)c(S(C)(=O)=O)c3)=C2)c(-c2ccc3c(c2)OCCO3)o1. The van der Waals surface area contributed by atoms with Crippen molar-refractivity contribution in [2.45, 2.75) is 44.4 Å². The zero-order valence-electron chi connectivity index (χ0n) is 24.3. The second-order valence-electron chi connectivity index (χ2n) is 10.7. The van der Waals surface area contributed by atoms with Crippen molar-refractivity contribution in [2.24, 2.45) is 0 Å². The highest BCUT2D eigenvalue weighted by Gasteiger charge is 2.35. The smallest absolute Gasteiger partial charge is 0.434 e. The molecule has 4 aromatic rings. The molecule has 1 aliphatic carbocycles. The van der Waals surface area contributed by atoms with Crippen molar-refractivity contribution < 1.29 is 45.0 Å². The van der Waals surface area contributed by atoms with Gasteiger partial charge >= 0.3 is 6.18 Å². The topological polar surface area (TPSA) is 117 Å². The number of aryl methyl sites for hydroxylation is 2. The van der Waals surface area contributed by atoms with Crippen molar-refractivity contribution in [3.63, 3.8) is 0 Å². The van der Waals surface area contributed by atoms with Crippen LogP contribution in [0.3, 0.4) is 0 Å². The van der Waals surface area contributed by atoms with Crippen molar-refractivity contribution in [3.8, 4) is 22.8 Å². The first-order valence-corrected chi connectivity index (χ1v) is 15.7. The van der Waals surface area contributed by atoms with Crippen LogP contribution in [0.15, 0.2) is 51.9 Å². The van der Waals surface area contributed by atoms with Gasteiger partial charge in [0.2, 0.25) is 0 Å². The minimum absolute atomic E-state index is 0.0884. The highest BCUT2D eigenvalue weighted by molar-refractivity contribution is 7.90. The summed E-state index contributed by atoms with van der Waals surface area (Å²) in [7, 11) is -3.92. The quantitative estimate of drug-likeness (QED) is 0.246. The summed E-state index contributed by atoms with van der Waals surface area (Å²) in [5.41, 5.74) is 1.00. The van der Waals surface area contributed by atoms with E-state index in [-0.39, 0.29) is 40.6 Å². The molecule has 2 aliphatic rings.